The number of nitrogens with one attached hydrogen (secondary N) is 1. The maximum Gasteiger partial charge on any atom is 0.325 e. The third kappa shape index (κ3) is 5.19. The third-order valence-corrected chi connectivity index (χ3v) is 6.96. The van der Waals surface area contributed by atoms with Crippen molar-refractivity contribution < 1.29 is 29.3 Å². The molecule has 0 amide bonds. The Morgan fingerprint density at radius 1 is 1.19 bits per heavy atom. The van der Waals surface area contributed by atoms with Gasteiger partial charge in [-0.15, -0.1) is 0 Å². The highest BCUT2D eigenvalue weighted by Crippen LogP contribution is 2.37. The molecule has 2 aromatic heterocycles. The number of aliphatic hydroxyl groups is 2. The molecular weight excluding hydrogens is 449 g/mol. The molecule has 2 fully saturated rings. The van der Waals surface area contributed by atoms with Gasteiger partial charge in [0.15, 0.2) is 23.2 Å². The van der Waals surface area contributed by atoms with Crippen molar-refractivity contribution in [3.8, 4) is 0 Å². The summed E-state index contributed by atoms with van der Waals surface area (Å²) in [5.41, 5.74) is 0.894. The lowest BCUT2D eigenvalue weighted by Gasteiger charge is -2.17. The van der Waals surface area contributed by atoms with Gasteiger partial charge in [0.1, 0.15) is 12.2 Å². The van der Waals surface area contributed by atoms with E-state index in [1.165, 1.54) is 10.9 Å². The van der Waals surface area contributed by atoms with Crippen LogP contribution in [0.3, 0.4) is 0 Å². The first-order valence-corrected chi connectivity index (χ1v) is 12.6. The Kier molecular flexibility index (Phi) is 6.83. The van der Waals surface area contributed by atoms with Crippen molar-refractivity contribution >= 4 is 36.2 Å². The molecule has 11 nitrogen and oxygen atoms in total. The fourth-order valence-corrected chi connectivity index (χ4v) is 5.10. The molecule has 3 heterocycles. The number of imidazole rings is 1. The van der Waals surface area contributed by atoms with Crippen LogP contribution in [-0.4, -0.2) is 70.0 Å². The first-order valence-electron chi connectivity index (χ1n) is 10.5. The molecule has 1 saturated carbocycles. The molecule has 1 saturated heterocycles. The quantitative estimate of drug-likeness (QED) is 0.216. The first-order chi connectivity index (χ1) is 14.7. The van der Waals surface area contributed by atoms with E-state index in [0.717, 1.165) is 25.7 Å². The van der Waals surface area contributed by atoms with Crippen molar-refractivity contribution in [2.45, 2.75) is 75.5 Å². The summed E-state index contributed by atoms with van der Waals surface area (Å²) >= 11 is 6.14. The van der Waals surface area contributed by atoms with Gasteiger partial charge in [-0.2, -0.15) is 9.97 Å². The number of ether oxygens (including phenoxy) is 1. The summed E-state index contributed by atoms with van der Waals surface area (Å²) in [5.74, 6) is 0.530. The molecule has 5 N–H and O–H groups in total. The summed E-state index contributed by atoms with van der Waals surface area (Å²) in [6, 6.07) is 0.298. The molecular formula is C18H27ClN5O6P. The number of hydrogen-bond donors (Lipinski definition) is 5. The third-order valence-electron chi connectivity index (χ3n) is 5.89. The van der Waals surface area contributed by atoms with Crippen LogP contribution in [-0.2, 0) is 9.30 Å². The fraction of sp³-hybridized carbons (Fsp3) is 0.722. The van der Waals surface area contributed by atoms with Gasteiger partial charge in [0.2, 0.25) is 5.28 Å². The van der Waals surface area contributed by atoms with E-state index >= 15 is 0 Å². The molecule has 0 aromatic carbocycles. The smallest absolute Gasteiger partial charge is 0.325 e. The highest BCUT2D eigenvalue weighted by Gasteiger charge is 2.44. The maximum atomic E-state index is 11.0. The van der Waals surface area contributed by atoms with Crippen molar-refractivity contribution in [1.82, 2.24) is 19.5 Å². The second-order valence-corrected chi connectivity index (χ2v) is 10.3. The van der Waals surface area contributed by atoms with E-state index in [-0.39, 0.29) is 11.4 Å². The van der Waals surface area contributed by atoms with Crippen molar-refractivity contribution in [3.05, 3.63) is 11.6 Å². The van der Waals surface area contributed by atoms with Crippen LogP contribution < -0.4 is 5.32 Å². The monoisotopic (exact) mass is 475 g/mol. The van der Waals surface area contributed by atoms with E-state index in [9.17, 15) is 14.8 Å². The zero-order valence-electron chi connectivity index (χ0n) is 16.8. The van der Waals surface area contributed by atoms with Crippen LogP contribution in [0.4, 0.5) is 5.82 Å². The van der Waals surface area contributed by atoms with Crippen LogP contribution in [0.2, 0.25) is 5.28 Å². The lowest BCUT2D eigenvalue weighted by Crippen LogP contribution is -2.31. The number of aliphatic hydroxyl groups excluding tert-OH is 2. The number of nitrogens with zero attached hydrogens (tertiary/aromatic N) is 4. The molecule has 2 aromatic rings. The average Bonchev–Trinajstić information content (AvgIpc) is 3.40. The first kappa shape index (κ1) is 22.8. The van der Waals surface area contributed by atoms with Crippen LogP contribution in [0.15, 0.2) is 6.33 Å². The highest BCUT2D eigenvalue weighted by atomic mass is 35.5. The molecule has 172 valence electrons. The van der Waals surface area contributed by atoms with Gasteiger partial charge in [-0.05, 0) is 37.3 Å². The summed E-state index contributed by atoms with van der Waals surface area (Å²) in [6.07, 6.45) is 2.79. The van der Waals surface area contributed by atoms with Gasteiger partial charge in [-0.1, -0.05) is 19.3 Å². The van der Waals surface area contributed by atoms with Crippen LogP contribution in [0.25, 0.3) is 11.2 Å². The Bertz CT molecular complexity index is 964. The molecule has 0 bridgehead atoms. The van der Waals surface area contributed by atoms with Crippen LogP contribution >= 0.6 is 19.2 Å². The summed E-state index contributed by atoms with van der Waals surface area (Å²) in [5, 5.41) is 24.4. The summed E-state index contributed by atoms with van der Waals surface area (Å²) in [6.45, 7) is 0. The van der Waals surface area contributed by atoms with E-state index in [2.05, 4.69) is 20.3 Å². The number of aromatic nitrogens is 4. The van der Waals surface area contributed by atoms with Gasteiger partial charge in [0.25, 0.3) is 0 Å². The second kappa shape index (κ2) is 9.27. The average molecular weight is 476 g/mol. The molecule has 0 radical (unpaired) electrons. The van der Waals surface area contributed by atoms with E-state index < -0.39 is 32.1 Å². The molecule has 2 unspecified atom stereocenters. The second-order valence-electron chi connectivity index (χ2n) is 8.22. The standard InChI is InChI=1S/C18H27ClN5O6P/c19-18-22-15(21-10-5-1-2-6-10)12-16(23-18)24(9-20-12)17-14(26)13(25)11(30-17)7-3-4-8-31(27,28)29/h9-11,13-14,17,25-26H,1-8H2,(H,21,22,23)(H2,27,28,29)/t11-,13?,14?,17-/m1/s1. The molecule has 1 aliphatic heterocycles. The Balaban J connectivity index is 1.50. The van der Waals surface area contributed by atoms with E-state index in [1.807, 2.05) is 0 Å². The predicted octanol–water partition coefficient (Wildman–Crippen LogP) is 1.80. The minimum absolute atomic E-state index is 0.0387. The van der Waals surface area contributed by atoms with Crippen molar-refractivity contribution in [2.75, 3.05) is 11.5 Å². The van der Waals surface area contributed by atoms with Crippen molar-refractivity contribution in [1.29, 1.82) is 0 Å². The Hall–Kier alpha value is -1.33. The fourth-order valence-electron chi connectivity index (χ4n) is 4.30. The molecule has 0 spiro atoms. The lowest BCUT2D eigenvalue weighted by atomic mass is 10.1. The Labute approximate surface area is 184 Å². The molecule has 13 heteroatoms. The minimum atomic E-state index is -4.05. The number of rotatable bonds is 8. The van der Waals surface area contributed by atoms with Crippen LogP contribution in [0.5, 0.6) is 0 Å². The van der Waals surface area contributed by atoms with Gasteiger partial charge in [-0.25, -0.2) is 4.98 Å². The van der Waals surface area contributed by atoms with Gasteiger partial charge >= 0.3 is 7.60 Å². The van der Waals surface area contributed by atoms with Gasteiger partial charge in [0.05, 0.1) is 12.4 Å². The lowest BCUT2D eigenvalue weighted by molar-refractivity contribution is -0.0373. The Morgan fingerprint density at radius 2 is 1.94 bits per heavy atom. The molecule has 1 aliphatic carbocycles. The molecule has 2 aliphatic rings. The van der Waals surface area contributed by atoms with Gasteiger partial charge in [-0.3, -0.25) is 9.13 Å². The molecule has 4 rings (SSSR count). The predicted molar refractivity (Wildman–Crippen MR) is 113 cm³/mol. The Morgan fingerprint density at radius 3 is 2.65 bits per heavy atom. The van der Waals surface area contributed by atoms with Crippen molar-refractivity contribution in [3.63, 3.8) is 0 Å². The van der Waals surface area contributed by atoms with Crippen molar-refractivity contribution in [2.24, 2.45) is 0 Å². The number of hydrogen-bond acceptors (Lipinski definition) is 8. The molecule has 4 atom stereocenters. The molecule has 31 heavy (non-hydrogen) atoms. The normalized spacial score (nSPS) is 27.4. The SMILES string of the molecule is O=P(O)(O)CCCC[C@H]1O[C@@H](n2cnc3c(NC4CCCC4)nc(Cl)nc32)C(O)C1O. The van der Waals surface area contributed by atoms with Gasteiger partial charge < -0.3 is 30.1 Å². The van der Waals surface area contributed by atoms with Gasteiger partial charge in [0, 0.05) is 12.2 Å². The topological polar surface area (TPSA) is 163 Å². The summed E-state index contributed by atoms with van der Waals surface area (Å²) in [4.78, 5) is 30.8. The number of anilines is 1. The largest absolute Gasteiger partial charge is 0.388 e. The zero-order valence-corrected chi connectivity index (χ0v) is 18.5. The summed E-state index contributed by atoms with van der Waals surface area (Å²) in [7, 11) is -4.05. The van der Waals surface area contributed by atoms with E-state index in [0.29, 0.717) is 42.3 Å². The summed E-state index contributed by atoms with van der Waals surface area (Å²) < 4.78 is 18.4. The van der Waals surface area contributed by atoms with E-state index in [1.54, 1.807) is 0 Å². The van der Waals surface area contributed by atoms with Crippen LogP contribution in [0, 0.1) is 0 Å². The number of fused-ring (bicyclic) bond motifs is 1. The van der Waals surface area contributed by atoms with Crippen LogP contribution in [0.1, 0.15) is 51.2 Å². The number of unbranched alkanes of at least 4 members (excludes halogenated alkanes) is 1. The highest BCUT2D eigenvalue weighted by molar-refractivity contribution is 7.51. The zero-order chi connectivity index (χ0) is 22.2. The number of halogens is 1. The van der Waals surface area contributed by atoms with E-state index in [4.69, 9.17) is 26.1 Å². The minimum Gasteiger partial charge on any atom is -0.388 e. The maximum absolute atomic E-state index is 11.0.